The van der Waals surface area contributed by atoms with E-state index in [2.05, 4.69) is 17.2 Å². The lowest BCUT2D eigenvalue weighted by Crippen LogP contribution is -2.26. The van der Waals surface area contributed by atoms with Crippen LogP contribution in [0.4, 0.5) is 0 Å². The summed E-state index contributed by atoms with van der Waals surface area (Å²) in [5.41, 5.74) is 3.79. The number of halogens is 1. The number of amides is 1. The smallest absolute Gasteiger partial charge is 0.224 e. The molecule has 30 heavy (non-hydrogen) atoms. The van der Waals surface area contributed by atoms with Crippen molar-refractivity contribution in [1.82, 2.24) is 10.3 Å². The van der Waals surface area contributed by atoms with Gasteiger partial charge in [-0.05, 0) is 49.2 Å². The highest BCUT2D eigenvalue weighted by Crippen LogP contribution is 2.26. The molecule has 6 heteroatoms. The first-order chi connectivity index (χ1) is 14.5. The number of benzene rings is 2. The van der Waals surface area contributed by atoms with Crippen molar-refractivity contribution in [3.05, 3.63) is 64.3 Å². The Bertz CT molecular complexity index is 964. The molecular formula is C24H29ClN2O3. The number of aryl methyl sites for hydroxylation is 1. The molecule has 0 aliphatic rings. The van der Waals surface area contributed by atoms with Crippen molar-refractivity contribution in [2.24, 2.45) is 0 Å². The molecule has 1 heterocycles. The molecule has 0 bridgehead atoms. The third kappa shape index (κ3) is 6.92. The van der Waals surface area contributed by atoms with Gasteiger partial charge in [0, 0.05) is 33.7 Å². The van der Waals surface area contributed by atoms with E-state index in [1.165, 1.54) is 0 Å². The Morgan fingerprint density at radius 2 is 1.90 bits per heavy atom. The predicted molar refractivity (Wildman–Crippen MR) is 123 cm³/mol. The van der Waals surface area contributed by atoms with Gasteiger partial charge in [0.25, 0.3) is 0 Å². The maximum absolute atomic E-state index is 12.1. The van der Waals surface area contributed by atoms with Gasteiger partial charge in [0.05, 0.1) is 13.5 Å². The van der Waals surface area contributed by atoms with E-state index in [9.17, 15) is 9.59 Å². The van der Waals surface area contributed by atoms with Crippen LogP contribution < -0.4 is 10.1 Å². The number of ether oxygens (including phenoxy) is 1. The molecule has 5 nitrogen and oxygen atoms in total. The van der Waals surface area contributed by atoms with Crippen LogP contribution >= 0.6 is 11.6 Å². The second-order valence-corrected chi connectivity index (χ2v) is 7.48. The summed E-state index contributed by atoms with van der Waals surface area (Å²) in [6.45, 7) is 4.92. The Morgan fingerprint density at radius 1 is 1.17 bits per heavy atom. The van der Waals surface area contributed by atoms with Crippen LogP contribution in [0.25, 0.3) is 10.9 Å². The normalized spacial score (nSPS) is 10.3. The number of carbonyl (C=O) groups is 2. The molecule has 0 aliphatic heterocycles. The fourth-order valence-electron chi connectivity index (χ4n) is 3.08. The second-order valence-electron chi connectivity index (χ2n) is 7.04. The van der Waals surface area contributed by atoms with Gasteiger partial charge in [-0.3, -0.25) is 9.59 Å². The number of hydrogen-bond acceptors (Lipinski definition) is 3. The molecule has 3 aromatic rings. The number of rotatable bonds is 8. The number of carbonyl (C=O) groups excluding carboxylic acids is 2. The fraction of sp³-hybridized carbons (Fsp3) is 0.333. The summed E-state index contributed by atoms with van der Waals surface area (Å²) in [4.78, 5) is 25.5. The summed E-state index contributed by atoms with van der Waals surface area (Å²) in [6.07, 6.45) is 4.56. The van der Waals surface area contributed by atoms with Crippen LogP contribution in [0.1, 0.15) is 47.8 Å². The van der Waals surface area contributed by atoms with Crippen LogP contribution in [-0.2, 0) is 11.2 Å². The predicted octanol–water partition coefficient (Wildman–Crippen LogP) is 5.49. The van der Waals surface area contributed by atoms with Gasteiger partial charge >= 0.3 is 0 Å². The number of hydrogen-bond donors (Lipinski definition) is 2. The molecular weight excluding hydrogens is 400 g/mol. The van der Waals surface area contributed by atoms with Crippen LogP contribution in [0.3, 0.4) is 0 Å². The van der Waals surface area contributed by atoms with Gasteiger partial charge in [0.2, 0.25) is 5.91 Å². The molecule has 0 saturated carbocycles. The second kappa shape index (κ2) is 12.0. The molecule has 0 radical (unpaired) electrons. The Balaban J connectivity index is 0.000000297. The average molecular weight is 429 g/mol. The number of fused-ring (bicyclic) bond motifs is 1. The third-order valence-electron chi connectivity index (χ3n) is 4.77. The van der Waals surface area contributed by atoms with Gasteiger partial charge in [-0.2, -0.15) is 0 Å². The molecule has 3 rings (SSSR count). The highest BCUT2D eigenvalue weighted by Gasteiger charge is 2.13. The van der Waals surface area contributed by atoms with Crippen molar-refractivity contribution in [3.8, 4) is 5.75 Å². The maximum atomic E-state index is 12.1. The van der Waals surface area contributed by atoms with Gasteiger partial charge in [-0.25, -0.2) is 0 Å². The SMILES string of the molecule is CCCCCNC(=O)Cc1c(C)[nH]c2ccc(OC)cc12.O=Cc1ccc(Cl)cc1. The monoisotopic (exact) mass is 428 g/mol. The molecule has 1 amide bonds. The lowest BCUT2D eigenvalue weighted by molar-refractivity contribution is -0.120. The Labute approximate surface area is 182 Å². The molecule has 2 N–H and O–H groups in total. The van der Waals surface area contributed by atoms with Crippen molar-refractivity contribution < 1.29 is 14.3 Å². The van der Waals surface area contributed by atoms with E-state index in [0.29, 0.717) is 17.0 Å². The topological polar surface area (TPSA) is 71.2 Å². The fourth-order valence-corrected chi connectivity index (χ4v) is 3.21. The van der Waals surface area contributed by atoms with Gasteiger partial charge in [0.15, 0.2) is 0 Å². The molecule has 2 aromatic carbocycles. The Hall–Kier alpha value is -2.79. The highest BCUT2D eigenvalue weighted by molar-refractivity contribution is 6.30. The van der Waals surface area contributed by atoms with Crippen LogP contribution in [-0.4, -0.2) is 30.8 Å². The van der Waals surface area contributed by atoms with Crippen molar-refractivity contribution >= 4 is 34.7 Å². The van der Waals surface area contributed by atoms with E-state index in [0.717, 1.165) is 60.0 Å². The number of nitrogens with one attached hydrogen (secondary N) is 2. The standard InChI is InChI=1S/C17H24N2O2.C7H5ClO/c1-4-5-6-9-18-17(20)11-14-12(2)19-16-8-7-13(21-3)10-15(14)16;8-7-3-1-6(5-9)2-4-7/h7-8,10,19H,4-6,9,11H2,1-3H3,(H,18,20);1-5H. The molecule has 0 saturated heterocycles. The van der Waals surface area contributed by atoms with Gasteiger partial charge < -0.3 is 15.0 Å². The zero-order valence-corrected chi connectivity index (χ0v) is 18.5. The molecule has 0 spiro atoms. The van der Waals surface area contributed by atoms with E-state index in [-0.39, 0.29) is 5.91 Å². The zero-order chi connectivity index (χ0) is 21.9. The summed E-state index contributed by atoms with van der Waals surface area (Å²) in [6, 6.07) is 12.6. The highest BCUT2D eigenvalue weighted by atomic mass is 35.5. The van der Waals surface area contributed by atoms with E-state index < -0.39 is 0 Å². The van der Waals surface area contributed by atoms with Crippen molar-refractivity contribution in [3.63, 3.8) is 0 Å². The number of H-pyrrole nitrogens is 1. The van der Waals surface area contributed by atoms with Crippen LogP contribution in [0, 0.1) is 6.92 Å². The number of aromatic nitrogens is 1. The number of unbranched alkanes of at least 4 members (excludes halogenated alkanes) is 2. The first-order valence-corrected chi connectivity index (χ1v) is 10.5. The first kappa shape index (κ1) is 23.5. The summed E-state index contributed by atoms with van der Waals surface area (Å²) in [5, 5.41) is 4.71. The van der Waals surface area contributed by atoms with Crippen LogP contribution in [0.5, 0.6) is 5.75 Å². The van der Waals surface area contributed by atoms with E-state index >= 15 is 0 Å². The third-order valence-corrected chi connectivity index (χ3v) is 5.02. The van der Waals surface area contributed by atoms with E-state index in [1.54, 1.807) is 31.4 Å². The molecule has 0 unspecified atom stereocenters. The minimum absolute atomic E-state index is 0.0814. The summed E-state index contributed by atoms with van der Waals surface area (Å²) in [7, 11) is 1.65. The quantitative estimate of drug-likeness (QED) is 0.368. The van der Waals surface area contributed by atoms with Crippen LogP contribution in [0.15, 0.2) is 42.5 Å². The van der Waals surface area contributed by atoms with Gasteiger partial charge in [-0.15, -0.1) is 0 Å². The molecule has 1 aromatic heterocycles. The molecule has 160 valence electrons. The summed E-state index contributed by atoms with van der Waals surface area (Å²) < 4.78 is 5.27. The number of methoxy groups -OCH3 is 1. The summed E-state index contributed by atoms with van der Waals surface area (Å²) in [5.74, 6) is 0.893. The first-order valence-electron chi connectivity index (χ1n) is 10.1. The maximum Gasteiger partial charge on any atom is 0.224 e. The number of aldehydes is 1. The zero-order valence-electron chi connectivity index (χ0n) is 17.8. The van der Waals surface area contributed by atoms with Gasteiger partial charge in [-0.1, -0.05) is 43.5 Å². The van der Waals surface area contributed by atoms with Crippen molar-refractivity contribution in [2.45, 2.75) is 39.5 Å². The Kier molecular flexibility index (Phi) is 9.42. The van der Waals surface area contributed by atoms with Gasteiger partial charge in [0.1, 0.15) is 12.0 Å². The van der Waals surface area contributed by atoms with E-state index in [4.69, 9.17) is 16.3 Å². The molecule has 0 aliphatic carbocycles. The minimum Gasteiger partial charge on any atom is -0.497 e. The average Bonchev–Trinajstić information content (AvgIpc) is 3.06. The Morgan fingerprint density at radius 3 is 2.53 bits per heavy atom. The van der Waals surface area contributed by atoms with Crippen LogP contribution in [0.2, 0.25) is 5.02 Å². The van der Waals surface area contributed by atoms with E-state index in [1.807, 2.05) is 25.1 Å². The molecule has 0 fully saturated rings. The summed E-state index contributed by atoms with van der Waals surface area (Å²) >= 11 is 5.55. The largest absolute Gasteiger partial charge is 0.497 e. The number of aromatic amines is 1. The van der Waals surface area contributed by atoms with Crippen molar-refractivity contribution in [1.29, 1.82) is 0 Å². The minimum atomic E-state index is 0.0814. The van der Waals surface area contributed by atoms with Crippen molar-refractivity contribution in [2.75, 3.05) is 13.7 Å². The lowest BCUT2D eigenvalue weighted by atomic mass is 10.1. The lowest BCUT2D eigenvalue weighted by Gasteiger charge is -2.06. The molecule has 0 atom stereocenters.